The predicted molar refractivity (Wildman–Crippen MR) is 110 cm³/mol. The summed E-state index contributed by atoms with van der Waals surface area (Å²) in [5.41, 5.74) is 0.666. The van der Waals surface area contributed by atoms with E-state index in [1.807, 2.05) is 6.07 Å². The molecule has 10 nitrogen and oxygen atoms in total. The molecule has 3 aromatic rings. The van der Waals surface area contributed by atoms with Gasteiger partial charge in [-0.3, -0.25) is 4.98 Å². The molecule has 0 bridgehead atoms. The molecule has 0 radical (unpaired) electrons. The first-order valence-corrected chi connectivity index (χ1v) is 11.5. The van der Waals surface area contributed by atoms with Crippen molar-refractivity contribution in [2.45, 2.75) is 43.4 Å². The minimum atomic E-state index is -3.70. The Balaban J connectivity index is 1.59. The second kappa shape index (κ2) is 8.48. The van der Waals surface area contributed by atoms with Gasteiger partial charge in [0.05, 0.1) is 5.56 Å². The fourth-order valence-electron chi connectivity index (χ4n) is 4.05. The molecule has 3 aromatic heterocycles. The first-order chi connectivity index (χ1) is 14.9. The van der Waals surface area contributed by atoms with Crippen molar-refractivity contribution in [2.24, 2.45) is 0 Å². The first kappa shape index (κ1) is 21.6. The van der Waals surface area contributed by atoms with Crippen molar-refractivity contribution in [1.29, 1.82) is 0 Å². The van der Waals surface area contributed by atoms with E-state index in [4.69, 9.17) is 13.8 Å². The number of hydrogen-bond donors (Lipinski definition) is 0. The second-order valence-electron chi connectivity index (χ2n) is 7.75. The third-order valence-electron chi connectivity index (χ3n) is 5.84. The number of pyridine rings is 1. The number of aryl methyl sites for hydroxylation is 2. The zero-order valence-electron chi connectivity index (χ0n) is 17.7. The number of methoxy groups -OCH3 is 1. The third kappa shape index (κ3) is 4.00. The Morgan fingerprint density at radius 1 is 1.19 bits per heavy atom. The smallest absolute Gasteiger partial charge is 0.259 e. The van der Waals surface area contributed by atoms with Gasteiger partial charge >= 0.3 is 0 Å². The number of rotatable bonds is 7. The highest BCUT2D eigenvalue weighted by molar-refractivity contribution is 7.89. The van der Waals surface area contributed by atoms with Crippen LogP contribution < -0.4 is 0 Å². The van der Waals surface area contributed by atoms with Gasteiger partial charge in [0.15, 0.2) is 11.6 Å². The summed E-state index contributed by atoms with van der Waals surface area (Å²) >= 11 is 0. The fraction of sp³-hybridized carbons (Fsp3) is 0.500. The summed E-state index contributed by atoms with van der Waals surface area (Å²) in [4.78, 5) is 8.87. The summed E-state index contributed by atoms with van der Waals surface area (Å²) in [6, 6.07) is 3.66. The maximum atomic E-state index is 13.2. The fourth-order valence-corrected chi connectivity index (χ4v) is 5.79. The van der Waals surface area contributed by atoms with Gasteiger partial charge in [-0.2, -0.15) is 9.29 Å². The lowest BCUT2D eigenvalue weighted by atomic mass is 9.75. The zero-order chi connectivity index (χ0) is 22.1. The highest BCUT2D eigenvalue weighted by Gasteiger charge is 2.43. The Kier molecular flexibility index (Phi) is 5.91. The van der Waals surface area contributed by atoms with Gasteiger partial charge in [-0.05, 0) is 45.2 Å². The summed E-state index contributed by atoms with van der Waals surface area (Å²) in [5, 5.41) is 8.03. The topological polar surface area (TPSA) is 124 Å². The number of aromatic nitrogens is 4. The molecule has 0 aliphatic carbocycles. The molecule has 0 N–H and O–H groups in total. The Hall–Kier alpha value is -2.63. The third-order valence-corrected chi connectivity index (χ3v) is 7.98. The van der Waals surface area contributed by atoms with E-state index in [1.54, 1.807) is 39.4 Å². The summed E-state index contributed by atoms with van der Waals surface area (Å²) in [7, 11) is -2.06. The minimum Gasteiger partial charge on any atom is -0.385 e. The summed E-state index contributed by atoms with van der Waals surface area (Å²) < 4.78 is 43.7. The van der Waals surface area contributed by atoms with E-state index in [0.29, 0.717) is 62.1 Å². The van der Waals surface area contributed by atoms with Crippen molar-refractivity contribution in [3.05, 3.63) is 41.8 Å². The first-order valence-electron chi connectivity index (χ1n) is 10.0. The molecule has 0 spiro atoms. The Labute approximate surface area is 180 Å². The molecule has 0 aromatic carbocycles. The van der Waals surface area contributed by atoms with Crippen LogP contribution in [0.3, 0.4) is 0 Å². The largest absolute Gasteiger partial charge is 0.385 e. The molecule has 0 saturated carbocycles. The lowest BCUT2D eigenvalue weighted by Gasteiger charge is -2.39. The second-order valence-corrected chi connectivity index (χ2v) is 9.62. The maximum absolute atomic E-state index is 13.2. The quantitative estimate of drug-likeness (QED) is 0.537. The monoisotopic (exact) mass is 447 g/mol. The van der Waals surface area contributed by atoms with Crippen molar-refractivity contribution in [3.63, 3.8) is 0 Å². The van der Waals surface area contributed by atoms with Gasteiger partial charge in [-0.25, -0.2) is 8.42 Å². The highest BCUT2D eigenvalue weighted by atomic mass is 32.2. The Morgan fingerprint density at radius 2 is 1.97 bits per heavy atom. The van der Waals surface area contributed by atoms with Gasteiger partial charge in [-0.1, -0.05) is 10.3 Å². The van der Waals surface area contributed by atoms with E-state index in [9.17, 15) is 8.42 Å². The van der Waals surface area contributed by atoms with Crippen LogP contribution >= 0.6 is 0 Å². The normalized spacial score (nSPS) is 17.1. The van der Waals surface area contributed by atoms with Crippen LogP contribution in [-0.2, 0) is 20.2 Å². The molecule has 0 unspecified atom stereocenters. The molecule has 11 heteroatoms. The van der Waals surface area contributed by atoms with Gasteiger partial charge in [0.25, 0.3) is 5.89 Å². The summed E-state index contributed by atoms with van der Waals surface area (Å²) in [5.74, 6) is 1.26. The van der Waals surface area contributed by atoms with Crippen molar-refractivity contribution in [2.75, 3.05) is 26.8 Å². The van der Waals surface area contributed by atoms with Crippen LogP contribution in [0.4, 0.5) is 0 Å². The van der Waals surface area contributed by atoms with Crippen LogP contribution in [0, 0.1) is 13.8 Å². The molecule has 1 fully saturated rings. The van der Waals surface area contributed by atoms with E-state index in [0.717, 1.165) is 5.56 Å². The zero-order valence-corrected chi connectivity index (χ0v) is 18.6. The maximum Gasteiger partial charge on any atom is 0.259 e. The molecule has 0 amide bonds. The molecule has 4 rings (SSSR count). The van der Waals surface area contributed by atoms with Gasteiger partial charge in [0.1, 0.15) is 10.6 Å². The lowest BCUT2D eigenvalue weighted by Crippen LogP contribution is -2.46. The number of hydrogen-bond acceptors (Lipinski definition) is 9. The number of nitrogens with zero attached hydrogens (tertiary/aromatic N) is 5. The van der Waals surface area contributed by atoms with Gasteiger partial charge < -0.3 is 13.8 Å². The Morgan fingerprint density at radius 3 is 2.58 bits per heavy atom. The van der Waals surface area contributed by atoms with Crippen LogP contribution in [0.5, 0.6) is 0 Å². The molecule has 166 valence electrons. The molecule has 1 aliphatic heterocycles. The van der Waals surface area contributed by atoms with E-state index < -0.39 is 15.4 Å². The SMILES string of the molecule is COCCC1(c2noc(-c3cccnc3)n2)CCN(S(=O)(=O)c2c(C)noc2C)CC1. The molecule has 31 heavy (non-hydrogen) atoms. The average molecular weight is 448 g/mol. The van der Waals surface area contributed by atoms with Gasteiger partial charge in [0, 0.05) is 44.6 Å². The summed E-state index contributed by atoms with van der Waals surface area (Å²) in [6.07, 6.45) is 5.10. The number of piperidine rings is 1. The molecule has 1 aliphatic rings. The van der Waals surface area contributed by atoms with E-state index in [2.05, 4.69) is 20.3 Å². The van der Waals surface area contributed by atoms with E-state index >= 15 is 0 Å². The van der Waals surface area contributed by atoms with Gasteiger partial charge in [0.2, 0.25) is 10.0 Å². The average Bonchev–Trinajstić information content (AvgIpc) is 3.40. The van der Waals surface area contributed by atoms with E-state index in [-0.39, 0.29) is 4.90 Å². The lowest BCUT2D eigenvalue weighted by molar-refractivity contribution is 0.131. The van der Waals surface area contributed by atoms with Crippen molar-refractivity contribution in [1.82, 2.24) is 24.6 Å². The van der Waals surface area contributed by atoms with Crippen LogP contribution in [0.1, 0.15) is 36.5 Å². The molecular weight excluding hydrogens is 422 g/mol. The number of ether oxygens (including phenoxy) is 1. The standard InChI is InChI=1S/C20H25N5O5S/c1-14-17(15(2)29-23-14)31(26,27)25-10-6-20(7-11-25,8-12-28-3)19-22-18(30-24-19)16-5-4-9-21-13-16/h4-5,9,13H,6-8,10-12H2,1-3H3. The summed E-state index contributed by atoms with van der Waals surface area (Å²) in [6.45, 7) is 4.40. The minimum absolute atomic E-state index is 0.148. The van der Waals surface area contributed by atoms with Crippen molar-refractivity contribution >= 4 is 10.0 Å². The molecule has 1 saturated heterocycles. The van der Waals surface area contributed by atoms with Crippen LogP contribution in [0.2, 0.25) is 0 Å². The predicted octanol–water partition coefficient (Wildman–Crippen LogP) is 2.50. The van der Waals surface area contributed by atoms with Crippen LogP contribution in [0.25, 0.3) is 11.5 Å². The van der Waals surface area contributed by atoms with Crippen molar-refractivity contribution < 1.29 is 22.2 Å². The van der Waals surface area contributed by atoms with Crippen LogP contribution in [0.15, 0.2) is 38.5 Å². The van der Waals surface area contributed by atoms with E-state index in [1.165, 1.54) is 4.31 Å². The molecule has 4 heterocycles. The molecular formula is C20H25N5O5S. The highest BCUT2D eigenvalue weighted by Crippen LogP contribution is 2.39. The molecule has 0 atom stereocenters. The van der Waals surface area contributed by atoms with Gasteiger partial charge in [-0.15, -0.1) is 0 Å². The Bertz CT molecular complexity index is 1110. The van der Waals surface area contributed by atoms with Crippen LogP contribution in [-0.4, -0.2) is 59.8 Å². The number of sulfonamides is 1. The van der Waals surface area contributed by atoms with Crippen molar-refractivity contribution in [3.8, 4) is 11.5 Å².